The molecule has 2 aromatic carbocycles. The van der Waals surface area contributed by atoms with Gasteiger partial charge >= 0.3 is 0 Å². The van der Waals surface area contributed by atoms with Crippen molar-refractivity contribution in [2.75, 3.05) is 13.1 Å². The third kappa shape index (κ3) is 6.78. The molecule has 1 aromatic heterocycles. The number of aromatic nitrogens is 1. The zero-order valence-corrected chi connectivity index (χ0v) is 21.9. The number of carbonyl (C=O) groups excluding carboxylic acids is 1. The first-order chi connectivity index (χ1) is 16.5. The summed E-state index contributed by atoms with van der Waals surface area (Å²) in [6.45, 7) is 7.30. The van der Waals surface area contributed by atoms with Crippen LogP contribution in [0.3, 0.4) is 0 Å². The Morgan fingerprint density at radius 3 is 2.35 bits per heavy atom. The fourth-order valence-electron chi connectivity index (χ4n) is 3.36. The Kier molecular flexibility index (Phi) is 9.87. The van der Waals surface area contributed by atoms with Crippen molar-refractivity contribution in [3.05, 3.63) is 87.7 Å². The third-order valence-electron chi connectivity index (χ3n) is 5.26. The quantitative estimate of drug-likeness (QED) is 0.203. The summed E-state index contributed by atoms with van der Waals surface area (Å²) in [5, 5.41) is 1.22. The van der Waals surface area contributed by atoms with Gasteiger partial charge in [-0.2, -0.15) is 0 Å². The van der Waals surface area contributed by atoms with Gasteiger partial charge in [0.2, 0.25) is 5.91 Å². The van der Waals surface area contributed by atoms with Crippen molar-refractivity contribution < 1.29 is 9.53 Å². The van der Waals surface area contributed by atoms with E-state index in [2.05, 4.69) is 6.92 Å². The zero-order valence-electron chi connectivity index (χ0n) is 19.6. The minimum Gasteiger partial charge on any atom is -0.455 e. The molecule has 3 rings (SSSR count). The molecule has 0 atom stereocenters. The van der Waals surface area contributed by atoms with Crippen LogP contribution in [-0.4, -0.2) is 28.9 Å². The lowest BCUT2D eigenvalue weighted by Crippen LogP contribution is -2.28. The summed E-state index contributed by atoms with van der Waals surface area (Å²) in [5.41, 5.74) is 2.52. The van der Waals surface area contributed by atoms with Gasteiger partial charge in [-0.1, -0.05) is 54.4 Å². The second-order valence-corrected chi connectivity index (χ2v) is 9.23. The Morgan fingerprint density at radius 2 is 1.68 bits per heavy atom. The van der Waals surface area contributed by atoms with Gasteiger partial charge in [-0.3, -0.25) is 4.79 Å². The van der Waals surface area contributed by atoms with Crippen molar-refractivity contribution in [1.29, 1.82) is 0 Å². The molecule has 0 saturated heterocycles. The maximum absolute atomic E-state index is 12.6. The molecule has 0 fully saturated rings. The van der Waals surface area contributed by atoms with E-state index in [1.807, 2.05) is 68.4 Å². The summed E-state index contributed by atoms with van der Waals surface area (Å²) in [6.07, 6.45) is 4.12. The van der Waals surface area contributed by atoms with Gasteiger partial charge in [0.15, 0.2) is 5.75 Å². The minimum absolute atomic E-state index is 0.0608. The molecule has 0 aliphatic rings. The minimum atomic E-state index is -0.0608. The van der Waals surface area contributed by atoms with Gasteiger partial charge < -0.3 is 9.64 Å². The maximum atomic E-state index is 12.6. The van der Waals surface area contributed by atoms with Gasteiger partial charge in [0.05, 0.1) is 15.7 Å². The van der Waals surface area contributed by atoms with Gasteiger partial charge in [0, 0.05) is 29.8 Å². The topological polar surface area (TPSA) is 42.4 Å². The molecule has 0 aliphatic carbocycles. The molecule has 1 amide bonds. The number of likely N-dealkylation sites (N-methyl/N-ethyl adjacent to an activating group) is 1. The van der Waals surface area contributed by atoms with Crippen LogP contribution in [-0.2, 0) is 17.0 Å². The molecule has 0 saturated carbocycles. The zero-order chi connectivity index (χ0) is 24.5. The first kappa shape index (κ1) is 26.1. The largest absolute Gasteiger partial charge is 0.455 e. The number of hydrogen-bond donors (Lipinski definition) is 0. The first-order valence-corrected chi connectivity index (χ1v) is 13.0. The van der Waals surface area contributed by atoms with E-state index in [4.69, 9.17) is 32.9 Å². The SMILES string of the molecule is CCc1ccccc1Oc1ccc(CSc2c(Cl)cccc2Cl)nc1C=CC(=O)N(CC)CC. The lowest BCUT2D eigenvalue weighted by atomic mass is 10.1. The monoisotopic (exact) mass is 514 g/mol. The van der Waals surface area contributed by atoms with Gasteiger partial charge in [-0.05, 0) is 62.2 Å². The Hall–Kier alpha value is -2.47. The predicted octanol–water partition coefficient (Wildman–Crippen LogP) is 7.92. The molecule has 4 nitrogen and oxygen atoms in total. The number of nitrogens with zero attached hydrogens (tertiary/aromatic N) is 2. The molecule has 0 N–H and O–H groups in total. The van der Waals surface area contributed by atoms with Crippen LogP contribution in [0.25, 0.3) is 6.08 Å². The molecule has 0 spiro atoms. The van der Waals surface area contributed by atoms with Gasteiger partial charge in [-0.25, -0.2) is 4.98 Å². The average Bonchev–Trinajstić information content (AvgIpc) is 2.84. The summed E-state index contributed by atoms with van der Waals surface area (Å²) < 4.78 is 6.25. The number of carbonyl (C=O) groups is 1. The van der Waals surface area contributed by atoms with E-state index < -0.39 is 0 Å². The highest BCUT2D eigenvalue weighted by molar-refractivity contribution is 7.98. The second-order valence-electron chi connectivity index (χ2n) is 7.43. The lowest BCUT2D eigenvalue weighted by Gasteiger charge is -2.16. The molecule has 0 radical (unpaired) electrons. The molecule has 3 aromatic rings. The molecular weight excluding hydrogens is 487 g/mol. The normalized spacial score (nSPS) is 11.1. The molecular formula is C27H28Cl2N2O2S. The Morgan fingerprint density at radius 1 is 0.971 bits per heavy atom. The maximum Gasteiger partial charge on any atom is 0.246 e. The van der Waals surface area contributed by atoms with Crippen LogP contribution in [0.5, 0.6) is 11.5 Å². The highest BCUT2D eigenvalue weighted by atomic mass is 35.5. The van der Waals surface area contributed by atoms with E-state index in [1.54, 1.807) is 17.1 Å². The van der Waals surface area contributed by atoms with E-state index >= 15 is 0 Å². The van der Waals surface area contributed by atoms with Crippen LogP contribution in [0.4, 0.5) is 0 Å². The molecule has 178 valence electrons. The summed E-state index contributed by atoms with van der Waals surface area (Å²) >= 11 is 14.1. The van der Waals surface area contributed by atoms with Crippen molar-refractivity contribution in [1.82, 2.24) is 9.88 Å². The Labute approximate surface area is 215 Å². The Bertz CT molecular complexity index is 1140. The van der Waals surface area contributed by atoms with Gasteiger partial charge in [-0.15, -0.1) is 11.8 Å². The number of benzene rings is 2. The second kappa shape index (κ2) is 12.8. The number of aryl methyl sites for hydroxylation is 1. The lowest BCUT2D eigenvalue weighted by molar-refractivity contribution is -0.125. The molecule has 0 bridgehead atoms. The number of pyridine rings is 1. The van der Waals surface area contributed by atoms with Crippen molar-refractivity contribution in [3.8, 4) is 11.5 Å². The molecule has 7 heteroatoms. The van der Waals surface area contributed by atoms with Crippen molar-refractivity contribution in [2.24, 2.45) is 0 Å². The number of ether oxygens (including phenoxy) is 1. The number of rotatable bonds is 10. The van der Waals surface area contributed by atoms with Crippen molar-refractivity contribution in [2.45, 2.75) is 37.8 Å². The van der Waals surface area contributed by atoms with Crippen LogP contribution in [0.1, 0.15) is 37.7 Å². The standard InChI is InChI=1S/C27H28Cl2N2O2S/c1-4-19-10-7-8-13-24(19)33-25-16-14-20(18-34-27-21(28)11-9-12-22(27)29)30-23(25)15-17-26(32)31(5-2)6-3/h7-17H,4-6,18H2,1-3H3. The molecule has 0 unspecified atom stereocenters. The highest BCUT2D eigenvalue weighted by Crippen LogP contribution is 2.36. The predicted molar refractivity (Wildman–Crippen MR) is 143 cm³/mol. The van der Waals surface area contributed by atoms with E-state index in [9.17, 15) is 4.79 Å². The highest BCUT2D eigenvalue weighted by Gasteiger charge is 2.12. The summed E-state index contributed by atoms with van der Waals surface area (Å²) in [7, 11) is 0. The number of para-hydroxylation sites is 1. The van der Waals surface area contributed by atoms with E-state index in [0.29, 0.717) is 40.3 Å². The van der Waals surface area contributed by atoms with Crippen LogP contribution in [0.2, 0.25) is 10.0 Å². The fourth-order valence-corrected chi connectivity index (χ4v) is 4.95. The summed E-state index contributed by atoms with van der Waals surface area (Å²) in [4.78, 5) is 19.9. The summed E-state index contributed by atoms with van der Waals surface area (Å²) in [5.74, 6) is 1.88. The average molecular weight is 516 g/mol. The number of amides is 1. The molecule has 0 aliphatic heterocycles. The fraction of sp³-hybridized carbons (Fsp3) is 0.259. The van der Waals surface area contributed by atoms with Crippen molar-refractivity contribution in [3.63, 3.8) is 0 Å². The summed E-state index contributed by atoms with van der Waals surface area (Å²) in [6, 6.07) is 17.2. The Balaban J connectivity index is 1.91. The van der Waals surface area contributed by atoms with Crippen LogP contribution >= 0.6 is 35.0 Å². The van der Waals surface area contributed by atoms with Crippen LogP contribution in [0, 0.1) is 0 Å². The molecule has 34 heavy (non-hydrogen) atoms. The van der Waals surface area contributed by atoms with E-state index in [-0.39, 0.29) is 5.91 Å². The molecule has 1 heterocycles. The van der Waals surface area contributed by atoms with Crippen LogP contribution in [0.15, 0.2) is 65.6 Å². The van der Waals surface area contributed by atoms with Gasteiger partial charge in [0.1, 0.15) is 11.4 Å². The third-order valence-corrected chi connectivity index (χ3v) is 7.28. The number of halogens is 2. The number of hydrogen-bond acceptors (Lipinski definition) is 4. The van der Waals surface area contributed by atoms with E-state index in [0.717, 1.165) is 28.3 Å². The van der Waals surface area contributed by atoms with Gasteiger partial charge in [0.25, 0.3) is 0 Å². The van der Waals surface area contributed by atoms with Crippen LogP contribution < -0.4 is 4.74 Å². The van der Waals surface area contributed by atoms with Crippen molar-refractivity contribution >= 4 is 46.9 Å². The van der Waals surface area contributed by atoms with E-state index in [1.165, 1.54) is 11.8 Å². The smallest absolute Gasteiger partial charge is 0.246 e. The number of thioether (sulfide) groups is 1. The first-order valence-electron chi connectivity index (χ1n) is 11.3.